The lowest BCUT2D eigenvalue weighted by atomic mass is 10.2. The van der Waals surface area contributed by atoms with Crippen LogP contribution in [0.2, 0.25) is 0 Å². The van der Waals surface area contributed by atoms with Crippen LogP contribution in [0.5, 0.6) is 0 Å². The zero-order valence-corrected chi connectivity index (χ0v) is 19.0. The van der Waals surface area contributed by atoms with Crippen molar-refractivity contribution in [1.29, 1.82) is 0 Å². The number of halogens is 1. The first-order valence-electron chi connectivity index (χ1n) is 8.85. The molecule has 1 saturated heterocycles. The predicted octanol–water partition coefficient (Wildman–Crippen LogP) is 0.923. The molecule has 10 heteroatoms. The fourth-order valence-corrected chi connectivity index (χ4v) is 2.97. The summed E-state index contributed by atoms with van der Waals surface area (Å²) in [5, 5.41) is 7.46. The molecule has 0 spiro atoms. The highest BCUT2D eigenvalue weighted by molar-refractivity contribution is 14.0. The Morgan fingerprint density at radius 2 is 2.07 bits per heavy atom. The van der Waals surface area contributed by atoms with E-state index in [1.165, 1.54) is 0 Å². The fraction of sp³-hybridized carbons (Fsp3) is 0.444. The summed E-state index contributed by atoms with van der Waals surface area (Å²) in [6, 6.07) is 4.02. The lowest BCUT2D eigenvalue weighted by Gasteiger charge is -2.35. The van der Waals surface area contributed by atoms with Gasteiger partial charge in [-0.05, 0) is 11.6 Å². The van der Waals surface area contributed by atoms with Crippen molar-refractivity contribution < 1.29 is 4.79 Å². The molecule has 2 aromatic heterocycles. The monoisotopic (exact) mass is 498 g/mol. The van der Waals surface area contributed by atoms with Gasteiger partial charge in [0, 0.05) is 60.2 Å². The molecule has 0 aromatic carbocycles. The molecular formula is C18H27IN8O. The topological polar surface area (TPSA) is 81.9 Å². The van der Waals surface area contributed by atoms with Gasteiger partial charge in [0.15, 0.2) is 5.96 Å². The maximum Gasteiger partial charge on any atom is 0.246 e. The van der Waals surface area contributed by atoms with Gasteiger partial charge in [0.05, 0.1) is 11.9 Å². The summed E-state index contributed by atoms with van der Waals surface area (Å²) in [6.45, 7) is 2.19. The SMILES string of the molecule is CN=C(NCc1ccc(N(C)C)nc1)N1CCN(c2cnn(C)c2)C(=O)C1.I. The van der Waals surface area contributed by atoms with E-state index in [1.807, 2.05) is 55.5 Å². The minimum atomic E-state index is 0. The zero-order valence-electron chi connectivity index (χ0n) is 16.7. The molecule has 1 amide bonds. The molecule has 3 rings (SSSR count). The van der Waals surface area contributed by atoms with E-state index < -0.39 is 0 Å². The third-order valence-corrected chi connectivity index (χ3v) is 4.45. The van der Waals surface area contributed by atoms with Crippen LogP contribution >= 0.6 is 24.0 Å². The molecule has 3 heterocycles. The van der Waals surface area contributed by atoms with Crippen LogP contribution in [0.4, 0.5) is 11.5 Å². The van der Waals surface area contributed by atoms with Gasteiger partial charge in [0.25, 0.3) is 0 Å². The Morgan fingerprint density at radius 1 is 1.29 bits per heavy atom. The van der Waals surface area contributed by atoms with Gasteiger partial charge in [-0.15, -0.1) is 24.0 Å². The Labute approximate surface area is 182 Å². The summed E-state index contributed by atoms with van der Waals surface area (Å²) < 4.78 is 1.70. The maximum absolute atomic E-state index is 12.6. The number of aliphatic imine (C=N–C) groups is 1. The molecule has 1 fully saturated rings. The van der Waals surface area contributed by atoms with E-state index in [9.17, 15) is 4.79 Å². The summed E-state index contributed by atoms with van der Waals surface area (Å²) in [5.41, 5.74) is 1.89. The van der Waals surface area contributed by atoms with Gasteiger partial charge in [0.1, 0.15) is 12.4 Å². The van der Waals surface area contributed by atoms with Crippen molar-refractivity contribution >= 4 is 47.3 Å². The van der Waals surface area contributed by atoms with Crippen LogP contribution in [0.15, 0.2) is 35.7 Å². The smallest absolute Gasteiger partial charge is 0.246 e. The van der Waals surface area contributed by atoms with E-state index in [2.05, 4.69) is 20.4 Å². The van der Waals surface area contributed by atoms with Crippen LogP contribution in [-0.4, -0.2) is 72.3 Å². The van der Waals surface area contributed by atoms with Crippen molar-refractivity contribution in [3.05, 3.63) is 36.3 Å². The number of hydrogen-bond donors (Lipinski definition) is 1. The molecule has 0 bridgehead atoms. The number of pyridine rings is 1. The number of aromatic nitrogens is 3. The Hall–Kier alpha value is -2.37. The van der Waals surface area contributed by atoms with Crippen LogP contribution in [0.3, 0.4) is 0 Å². The fourth-order valence-electron chi connectivity index (χ4n) is 2.97. The number of anilines is 2. The number of nitrogens with one attached hydrogen (secondary N) is 1. The van der Waals surface area contributed by atoms with Gasteiger partial charge in [-0.25, -0.2) is 4.98 Å². The number of amides is 1. The van der Waals surface area contributed by atoms with E-state index in [0.29, 0.717) is 25.6 Å². The number of nitrogens with zero attached hydrogens (tertiary/aromatic N) is 7. The molecule has 0 saturated carbocycles. The van der Waals surface area contributed by atoms with Gasteiger partial charge in [-0.3, -0.25) is 14.5 Å². The molecule has 2 aromatic rings. The normalized spacial score (nSPS) is 14.7. The van der Waals surface area contributed by atoms with Gasteiger partial charge in [-0.2, -0.15) is 5.10 Å². The Bertz CT molecular complexity index is 817. The minimum Gasteiger partial charge on any atom is -0.363 e. The number of carbonyl (C=O) groups is 1. The van der Waals surface area contributed by atoms with E-state index >= 15 is 0 Å². The molecular weight excluding hydrogens is 471 g/mol. The summed E-state index contributed by atoms with van der Waals surface area (Å²) in [7, 11) is 7.50. The van der Waals surface area contributed by atoms with Crippen molar-refractivity contribution in [3.8, 4) is 0 Å². The van der Waals surface area contributed by atoms with Crippen LogP contribution in [0.1, 0.15) is 5.56 Å². The average molecular weight is 498 g/mol. The predicted molar refractivity (Wildman–Crippen MR) is 121 cm³/mol. The molecule has 0 atom stereocenters. The largest absolute Gasteiger partial charge is 0.363 e. The Morgan fingerprint density at radius 3 is 2.61 bits per heavy atom. The Kier molecular flexibility index (Phi) is 7.61. The van der Waals surface area contributed by atoms with Crippen LogP contribution in [0.25, 0.3) is 0 Å². The highest BCUT2D eigenvalue weighted by atomic mass is 127. The third-order valence-electron chi connectivity index (χ3n) is 4.45. The van der Waals surface area contributed by atoms with E-state index in [4.69, 9.17) is 0 Å². The molecule has 152 valence electrons. The summed E-state index contributed by atoms with van der Waals surface area (Å²) >= 11 is 0. The summed E-state index contributed by atoms with van der Waals surface area (Å²) in [6.07, 6.45) is 5.41. The number of rotatable bonds is 4. The molecule has 9 nitrogen and oxygen atoms in total. The molecule has 1 aliphatic heterocycles. The second-order valence-electron chi connectivity index (χ2n) is 6.66. The molecule has 0 aliphatic carbocycles. The first-order chi connectivity index (χ1) is 13.0. The summed E-state index contributed by atoms with van der Waals surface area (Å²) in [5.74, 6) is 1.67. The quantitative estimate of drug-likeness (QED) is 0.384. The van der Waals surface area contributed by atoms with Crippen molar-refractivity contribution in [1.82, 2.24) is 25.0 Å². The van der Waals surface area contributed by atoms with Crippen LogP contribution in [0, 0.1) is 0 Å². The van der Waals surface area contributed by atoms with Crippen molar-refractivity contribution in [2.75, 3.05) is 50.6 Å². The highest BCUT2D eigenvalue weighted by Gasteiger charge is 2.27. The van der Waals surface area contributed by atoms with E-state index in [1.54, 1.807) is 22.8 Å². The lowest BCUT2D eigenvalue weighted by molar-refractivity contribution is -0.120. The number of guanidine groups is 1. The van der Waals surface area contributed by atoms with Gasteiger partial charge < -0.3 is 20.0 Å². The van der Waals surface area contributed by atoms with Crippen molar-refractivity contribution in [2.24, 2.45) is 12.0 Å². The molecule has 1 aliphatic rings. The third kappa shape index (κ3) is 5.12. The van der Waals surface area contributed by atoms with Gasteiger partial charge in [0.2, 0.25) is 5.91 Å². The van der Waals surface area contributed by atoms with Crippen molar-refractivity contribution in [3.63, 3.8) is 0 Å². The Balaban J connectivity index is 0.00000280. The van der Waals surface area contributed by atoms with Crippen LogP contribution < -0.4 is 15.1 Å². The van der Waals surface area contributed by atoms with E-state index in [-0.39, 0.29) is 36.4 Å². The molecule has 28 heavy (non-hydrogen) atoms. The highest BCUT2D eigenvalue weighted by Crippen LogP contribution is 2.16. The number of aryl methyl sites for hydroxylation is 1. The molecule has 0 unspecified atom stereocenters. The van der Waals surface area contributed by atoms with Gasteiger partial charge in [-0.1, -0.05) is 6.07 Å². The second-order valence-corrected chi connectivity index (χ2v) is 6.66. The number of hydrogen-bond acceptors (Lipinski definition) is 5. The number of piperazine rings is 1. The second kappa shape index (κ2) is 9.71. The zero-order chi connectivity index (χ0) is 19.4. The maximum atomic E-state index is 12.6. The minimum absolute atomic E-state index is 0. The lowest BCUT2D eigenvalue weighted by Crippen LogP contribution is -2.55. The van der Waals surface area contributed by atoms with Crippen molar-refractivity contribution in [2.45, 2.75) is 6.54 Å². The standard InChI is InChI=1S/C18H26N8O.HI/c1-19-18(21-10-14-5-6-16(20-9-14)23(2)3)25-7-8-26(17(27)13-25)15-11-22-24(4)12-15;/h5-6,9,11-12H,7-8,10,13H2,1-4H3,(H,19,21);1H. The molecule has 0 radical (unpaired) electrons. The average Bonchev–Trinajstić information content (AvgIpc) is 3.09. The summed E-state index contributed by atoms with van der Waals surface area (Å²) in [4.78, 5) is 27.0. The first kappa shape index (κ1) is 21.9. The first-order valence-corrected chi connectivity index (χ1v) is 8.85. The molecule has 1 N–H and O–H groups in total. The van der Waals surface area contributed by atoms with Crippen LogP contribution in [-0.2, 0) is 18.4 Å². The van der Waals surface area contributed by atoms with Gasteiger partial charge >= 0.3 is 0 Å². The van der Waals surface area contributed by atoms with E-state index in [0.717, 1.165) is 17.1 Å². The number of carbonyl (C=O) groups excluding carboxylic acids is 1.